The van der Waals surface area contributed by atoms with Crippen molar-refractivity contribution in [2.24, 2.45) is 0 Å². The predicted molar refractivity (Wildman–Crippen MR) is 229 cm³/mol. The van der Waals surface area contributed by atoms with E-state index in [1.54, 1.807) is 0 Å². The maximum atomic E-state index is 7.27. The minimum absolute atomic E-state index is 0.812. The van der Waals surface area contributed by atoms with E-state index in [0.29, 0.717) is 0 Å². The SMILES string of the molecule is c1ccc(-c2ccc(N(c3cccc4c3oc3ccccc34)c3c(-c4ccccc4)ccc4c3oc3c5ccccc5c(-c5ccccc5)cc43)cc2)cc1. The van der Waals surface area contributed by atoms with E-state index < -0.39 is 0 Å². The van der Waals surface area contributed by atoms with Gasteiger partial charge in [-0.15, -0.1) is 0 Å². The fourth-order valence-electron chi connectivity index (χ4n) is 8.31. The van der Waals surface area contributed by atoms with Crippen LogP contribution in [0.15, 0.2) is 209 Å². The van der Waals surface area contributed by atoms with Crippen LogP contribution in [-0.4, -0.2) is 0 Å². The number of hydrogen-bond acceptors (Lipinski definition) is 3. The molecule has 55 heavy (non-hydrogen) atoms. The average Bonchev–Trinajstić information content (AvgIpc) is 3.84. The number of para-hydroxylation sites is 2. The summed E-state index contributed by atoms with van der Waals surface area (Å²) in [4.78, 5) is 2.34. The van der Waals surface area contributed by atoms with Crippen LogP contribution in [0.2, 0.25) is 0 Å². The van der Waals surface area contributed by atoms with Crippen molar-refractivity contribution in [2.45, 2.75) is 0 Å². The normalized spacial score (nSPS) is 11.6. The lowest BCUT2D eigenvalue weighted by Crippen LogP contribution is -2.12. The molecule has 0 radical (unpaired) electrons. The largest absolute Gasteiger partial charge is 0.454 e. The van der Waals surface area contributed by atoms with Crippen molar-refractivity contribution in [2.75, 3.05) is 4.90 Å². The topological polar surface area (TPSA) is 29.5 Å². The number of fused-ring (bicyclic) bond motifs is 8. The molecule has 2 aromatic heterocycles. The van der Waals surface area contributed by atoms with E-state index >= 15 is 0 Å². The van der Waals surface area contributed by atoms with Gasteiger partial charge in [-0.1, -0.05) is 164 Å². The second-order valence-electron chi connectivity index (χ2n) is 14.0. The van der Waals surface area contributed by atoms with Crippen LogP contribution >= 0.6 is 0 Å². The van der Waals surface area contributed by atoms with E-state index in [9.17, 15) is 0 Å². The van der Waals surface area contributed by atoms with Gasteiger partial charge in [-0.25, -0.2) is 0 Å². The zero-order valence-electron chi connectivity index (χ0n) is 29.8. The monoisotopic (exact) mass is 703 g/mol. The van der Waals surface area contributed by atoms with Crippen molar-refractivity contribution in [3.05, 3.63) is 200 Å². The van der Waals surface area contributed by atoms with Crippen LogP contribution in [0, 0.1) is 0 Å². The molecule has 9 aromatic carbocycles. The highest BCUT2D eigenvalue weighted by molar-refractivity contribution is 6.22. The summed E-state index contributed by atoms with van der Waals surface area (Å²) < 4.78 is 14.0. The third-order valence-corrected chi connectivity index (χ3v) is 10.9. The van der Waals surface area contributed by atoms with Gasteiger partial charge in [-0.2, -0.15) is 0 Å². The molecule has 3 nitrogen and oxygen atoms in total. The molecule has 0 saturated heterocycles. The van der Waals surface area contributed by atoms with Gasteiger partial charge >= 0.3 is 0 Å². The van der Waals surface area contributed by atoms with Gasteiger partial charge in [0.15, 0.2) is 11.2 Å². The van der Waals surface area contributed by atoms with Gasteiger partial charge in [0.2, 0.25) is 0 Å². The molecular weight excluding hydrogens is 671 g/mol. The van der Waals surface area contributed by atoms with Gasteiger partial charge in [-0.3, -0.25) is 0 Å². The van der Waals surface area contributed by atoms with E-state index in [1.165, 1.54) is 16.7 Å². The van der Waals surface area contributed by atoms with Crippen molar-refractivity contribution >= 4 is 71.7 Å². The van der Waals surface area contributed by atoms with Gasteiger partial charge in [0.25, 0.3) is 0 Å². The Morgan fingerprint density at radius 1 is 0.309 bits per heavy atom. The molecule has 0 bridgehead atoms. The Balaban J connectivity index is 1.26. The molecule has 0 N–H and O–H groups in total. The number of hydrogen-bond donors (Lipinski definition) is 0. The molecule has 0 amide bonds. The summed E-state index contributed by atoms with van der Waals surface area (Å²) in [5.41, 5.74) is 13.1. The van der Waals surface area contributed by atoms with E-state index in [2.05, 4.69) is 193 Å². The first-order chi connectivity index (χ1) is 27.3. The molecule has 258 valence electrons. The van der Waals surface area contributed by atoms with Gasteiger partial charge in [-0.05, 0) is 69.6 Å². The molecule has 2 heterocycles. The van der Waals surface area contributed by atoms with Crippen molar-refractivity contribution in [1.82, 2.24) is 0 Å². The number of nitrogens with zero attached hydrogens (tertiary/aromatic N) is 1. The second kappa shape index (κ2) is 12.6. The van der Waals surface area contributed by atoms with E-state index in [1.807, 2.05) is 12.1 Å². The van der Waals surface area contributed by atoms with Crippen molar-refractivity contribution in [1.29, 1.82) is 0 Å². The lowest BCUT2D eigenvalue weighted by Gasteiger charge is -2.28. The molecule has 0 aliphatic carbocycles. The summed E-state index contributed by atoms with van der Waals surface area (Å²) in [6.07, 6.45) is 0. The molecule has 0 unspecified atom stereocenters. The highest BCUT2D eigenvalue weighted by Gasteiger charge is 2.27. The van der Waals surface area contributed by atoms with Gasteiger partial charge < -0.3 is 13.7 Å². The number of rotatable bonds is 6. The van der Waals surface area contributed by atoms with Crippen molar-refractivity contribution in [3.8, 4) is 33.4 Å². The average molecular weight is 704 g/mol. The van der Waals surface area contributed by atoms with Crippen LogP contribution in [-0.2, 0) is 0 Å². The lowest BCUT2D eigenvalue weighted by molar-refractivity contribution is 0.667. The molecule has 0 aliphatic heterocycles. The van der Waals surface area contributed by atoms with Gasteiger partial charge in [0.1, 0.15) is 11.2 Å². The summed E-state index contributed by atoms with van der Waals surface area (Å²) in [6.45, 7) is 0. The molecule has 11 rings (SSSR count). The first kappa shape index (κ1) is 31.2. The molecule has 11 aromatic rings. The summed E-state index contributed by atoms with van der Waals surface area (Å²) in [5.74, 6) is 0. The third-order valence-electron chi connectivity index (χ3n) is 10.9. The minimum atomic E-state index is 0.812. The second-order valence-corrected chi connectivity index (χ2v) is 14.0. The molecule has 0 atom stereocenters. The fourth-order valence-corrected chi connectivity index (χ4v) is 8.31. The Kier molecular flexibility index (Phi) is 7.17. The number of anilines is 3. The fraction of sp³-hybridized carbons (Fsp3) is 0. The summed E-state index contributed by atoms with van der Waals surface area (Å²) in [5, 5.41) is 6.52. The quantitative estimate of drug-likeness (QED) is 0.173. The molecule has 0 aliphatic rings. The summed E-state index contributed by atoms with van der Waals surface area (Å²) >= 11 is 0. The Labute approximate surface area is 317 Å². The Bertz CT molecular complexity index is 3180. The van der Waals surface area contributed by atoms with Crippen LogP contribution in [0.3, 0.4) is 0 Å². The summed E-state index contributed by atoms with van der Waals surface area (Å²) in [6, 6.07) is 70.7. The van der Waals surface area contributed by atoms with Crippen LogP contribution < -0.4 is 4.90 Å². The zero-order valence-corrected chi connectivity index (χ0v) is 29.8. The highest BCUT2D eigenvalue weighted by atomic mass is 16.3. The highest BCUT2D eigenvalue weighted by Crippen LogP contribution is 2.51. The summed E-state index contributed by atoms with van der Waals surface area (Å²) in [7, 11) is 0. The number of benzene rings is 9. The maximum Gasteiger partial charge on any atom is 0.160 e. The third kappa shape index (κ3) is 5.05. The lowest BCUT2D eigenvalue weighted by atomic mass is 9.94. The molecular formula is C52H33NO2. The molecule has 0 fully saturated rings. The first-order valence-electron chi connectivity index (χ1n) is 18.7. The predicted octanol–water partition coefficient (Wildman–Crippen LogP) is 15.1. The smallest absolute Gasteiger partial charge is 0.160 e. The maximum absolute atomic E-state index is 7.27. The van der Waals surface area contributed by atoms with Crippen LogP contribution in [0.4, 0.5) is 17.1 Å². The molecule has 3 heteroatoms. The Hall–Kier alpha value is -7.36. The van der Waals surface area contributed by atoms with Gasteiger partial charge in [0.05, 0.1) is 11.4 Å². The van der Waals surface area contributed by atoms with E-state index in [4.69, 9.17) is 8.83 Å². The van der Waals surface area contributed by atoms with E-state index in [0.717, 1.165) is 88.4 Å². The number of furan rings is 2. The Morgan fingerprint density at radius 2 is 0.855 bits per heavy atom. The van der Waals surface area contributed by atoms with Crippen LogP contribution in [0.1, 0.15) is 0 Å². The van der Waals surface area contributed by atoms with Gasteiger partial charge in [0, 0.05) is 38.2 Å². The standard InChI is InChI=1S/C52H33NO2/c1-4-15-34(16-5-1)35-27-29-38(30-28-35)53(47-25-14-24-43-41-22-12-13-26-48(41)54-51(43)47)49-39(36-17-6-2-7-18-36)31-32-44-46-33-45(37-19-8-3-9-20-37)40-21-10-11-23-42(40)50(46)55-52(44)49/h1-33H. The Morgan fingerprint density at radius 3 is 1.58 bits per heavy atom. The molecule has 0 spiro atoms. The van der Waals surface area contributed by atoms with Crippen molar-refractivity contribution < 1.29 is 8.83 Å². The first-order valence-corrected chi connectivity index (χ1v) is 18.7. The molecule has 0 saturated carbocycles. The zero-order chi connectivity index (χ0) is 36.3. The van der Waals surface area contributed by atoms with Crippen LogP contribution in [0.5, 0.6) is 0 Å². The minimum Gasteiger partial charge on any atom is -0.454 e. The van der Waals surface area contributed by atoms with Crippen molar-refractivity contribution in [3.63, 3.8) is 0 Å². The van der Waals surface area contributed by atoms with E-state index in [-0.39, 0.29) is 0 Å². The van der Waals surface area contributed by atoms with Crippen LogP contribution in [0.25, 0.3) is 88.0 Å².